The zero-order chi connectivity index (χ0) is 26.3. The van der Waals surface area contributed by atoms with E-state index in [1.807, 2.05) is 57.2 Å². The second kappa shape index (κ2) is 9.84. The largest absolute Gasteiger partial charge is 0.477 e. The van der Waals surface area contributed by atoms with Crippen LogP contribution in [0.25, 0.3) is 28.1 Å². The van der Waals surface area contributed by atoms with Crippen molar-refractivity contribution in [2.24, 2.45) is 11.8 Å². The van der Waals surface area contributed by atoms with Crippen molar-refractivity contribution in [2.45, 2.75) is 59.4 Å². The number of carboxylic acid groups (broad SMARTS) is 1. The molecule has 0 spiro atoms. The molecule has 8 nitrogen and oxygen atoms in total. The summed E-state index contributed by atoms with van der Waals surface area (Å²) in [4.78, 5) is 31.6. The fourth-order valence-electron chi connectivity index (χ4n) is 5.12. The molecule has 1 aliphatic carbocycles. The minimum atomic E-state index is -1.11. The smallest absolute Gasteiger partial charge is 0.341 e. The van der Waals surface area contributed by atoms with Crippen LogP contribution in [0.2, 0.25) is 0 Å². The number of carbonyl (C=O) groups excluding carboxylic acids is 1. The van der Waals surface area contributed by atoms with Gasteiger partial charge in [0.25, 0.3) is 0 Å². The van der Waals surface area contributed by atoms with E-state index >= 15 is 0 Å². The fraction of sp³-hybridized carbons (Fsp3) is 0.379. The summed E-state index contributed by atoms with van der Waals surface area (Å²) in [5, 5.41) is 14.6. The molecule has 1 fully saturated rings. The van der Waals surface area contributed by atoms with E-state index in [-0.39, 0.29) is 29.2 Å². The zero-order valence-electron chi connectivity index (χ0n) is 21.6. The first-order valence-corrected chi connectivity index (χ1v) is 12.8. The van der Waals surface area contributed by atoms with Crippen LogP contribution < -0.4 is 4.90 Å². The van der Waals surface area contributed by atoms with Crippen LogP contribution in [0.5, 0.6) is 0 Å². The molecule has 37 heavy (non-hydrogen) atoms. The minimum Gasteiger partial charge on any atom is -0.477 e. The van der Waals surface area contributed by atoms with Gasteiger partial charge in [0.1, 0.15) is 16.8 Å². The number of aromatic carboxylic acids is 1. The Kier molecular flexibility index (Phi) is 6.58. The molecule has 0 radical (unpaired) electrons. The molecule has 3 heterocycles. The third-order valence-electron chi connectivity index (χ3n) is 7.30. The Morgan fingerprint density at radius 2 is 1.81 bits per heavy atom. The topological polar surface area (TPSA) is 101 Å². The molecule has 0 bridgehead atoms. The highest BCUT2D eigenvalue weighted by molar-refractivity contribution is 6.01. The first kappa shape index (κ1) is 24.7. The van der Waals surface area contributed by atoms with Gasteiger partial charge in [-0.15, -0.1) is 5.10 Å². The maximum absolute atomic E-state index is 13.5. The number of nitrogens with zero attached hydrogens (tertiary/aromatic N) is 4. The van der Waals surface area contributed by atoms with Gasteiger partial charge in [0.15, 0.2) is 11.4 Å². The number of pyridine rings is 1. The van der Waals surface area contributed by atoms with Crippen LogP contribution in [0.3, 0.4) is 0 Å². The summed E-state index contributed by atoms with van der Waals surface area (Å²) >= 11 is 0. The van der Waals surface area contributed by atoms with Crippen molar-refractivity contribution >= 4 is 28.8 Å². The predicted octanol–water partition coefficient (Wildman–Crippen LogP) is 6.25. The summed E-state index contributed by atoms with van der Waals surface area (Å²) < 4.78 is 7.55. The van der Waals surface area contributed by atoms with Gasteiger partial charge < -0.3 is 9.52 Å². The third-order valence-corrected chi connectivity index (χ3v) is 7.30. The van der Waals surface area contributed by atoms with E-state index < -0.39 is 5.97 Å². The van der Waals surface area contributed by atoms with E-state index in [4.69, 9.17) is 4.42 Å². The second-order valence-corrected chi connectivity index (χ2v) is 10.4. The predicted molar refractivity (Wildman–Crippen MR) is 142 cm³/mol. The molecular weight excluding hydrogens is 468 g/mol. The number of hydrogen-bond acceptors (Lipinski definition) is 5. The molecule has 8 heteroatoms. The summed E-state index contributed by atoms with van der Waals surface area (Å²) in [5.74, 6) is 0.250. The monoisotopic (exact) mass is 500 g/mol. The Bertz CT molecular complexity index is 1440. The highest BCUT2D eigenvalue weighted by Gasteiger charge is 2.34. The van der Waals surface area contributed by atoms with Gasteiger partial charge in [-0.2, -0.15) is 0 Å². The maximum Gasteiger partial charge on any atom is 0.341 e. The Morgan fingerprint density at radius 3 is 2.43 bits per heavy atom. The summed E-state index contributed by atoms with van der Waals surface area (Å²) in [6.45, 7) is 7.98. The van der Waals surface area contributed by atoms with Crippen molar-refractivity contribution in [3.63, 3.8) is 0 Å². The van der Waals surface area contributed by atoms with Crippen LogP contribution in [0, 0.1) is 18.8 Å². The quantitative estimate of drug-likeness (QED) is 0.336. The van der Waals surface area contributed by atoms with Gasteiger partial charge in [0, 0.05) is 36.0 Å². The van der Waals surface area contributed by atoms with Gasteiger partial charge in [-0.25, -0.2) is 9.48 Å². The lowest BCUT2D eigenvalue weighted by Gasteiger charge is -2.32. The molecule has 4 aromatic rings. The number of amides is 1. The van der Waals surface area contributed by atoms with Crippen LogP contribution in [0.15, 0.2) is 53.2 Å². The van der Waals surface area contributed by atoms with E-state index in [1.54, 1.807) is 11.1 Å². The van der Waals surface area contributed by atoms with Crippen molar-refractivity contribution in [1.29, 1.82) is 0 Å². The Hall–Kier alpha value is -3.94. The second-order valence-electron chi connectivity index (χ2n) is 10.4. The van der Waals surface area contributed by atoms with Crippen LogP contribution in [-0.2, 0) is 4.79 Å². The number of aromatic nitrogens is 3. The van der Waals surface area contributed by atoms with Gasteiger partial charge in [0.05, 0.1) is 5.69 Å². The van der Waals surface area contributed by atoms with Gasteiger partial charge in [-0.05, 0) is 88.3 Å². The molecule has 192 valence electrons. The van der Waals surface area contributed by atoms with E-state index in [9.17, 15) is 14.7 Å². The van der Waals surface area contributed by atoms with Crippen LogP contribution in [0.1, 0.15) is 62.4 Å². The standard InChI is InChI=1S/C29H32N4O4/c1-17(2)33(28(34)21-7-5-18(3)6-8-21)27-23(29(35)36)16-32(31-27)22-11-9-20(10-12-22)25-15-24-26(37-25)19(4)13-14-30-24/h9-18,21H,5-8H2,1-4H3,(H,35,36)/t18-,21-. The molecule has 1 aromatic carbocycles. The lowest BCUT2D eigenvalue weighted by atomic mass is 9.82. The van der Waals surface area contributed by atoms with Crippen LogP contribution >= 0.6 is 0 Å². The highest BCUT2D eigenvalue weighted by atomic mass is 16.4. The molecule has 1 amide bonds. The molecule has 0 atom stereocenters. The maximum atomic E-state index is 13.5. The van der Waals surface area contributed by atoms with E-state index in [0.717, 1.165) is 47.9 Å². The number of hydrogen-bond donors (Lipinski definition) is 1. The fourth-order valence-corrected chi connectivity index (χ4v) is 5.12. The van der Waals surface area contributed by atoms with Crippen molar-refractivity contribution in [3.8, 4) is 17.0 Å². The molecular formula is C29H32N4O4. The van der Waals surface area contributed by atoms with Gasteiger partial charge >= 0.3 is 5.97 Å². The van der Waals surface area contributed by atoms with Gasteiger partial charge in [-0.3, -0.25) is 14.7 Å². The summed E-state index contributed by atoms with van der Waals surface area (Å²) in [6.07, 6.45) is 6.91. The van der Waals surface area contributed by atoms with Crippen LogP contribution in [0.4, 0.5) is 5.82 Å². The first-order chi connectivity index (χ1) is 17.7. The lowest BCUT2D eigenvalue weighted by Crippen LogP contribution is -2.43. The molecule has 1 aliphatic rings. The van der Waals surface area contributed by atoms with Crippen LogP contribution in [-0.4, -0.2) is 37.8 Å². The number of furan rings is 1. The first-order valence-electron chi connectivity index (χ1n) is 12.8. The number of carbonyl (C=O) groups is 2. The SMILES string of the molecule is Cc1ccnc2cc(-c3ccc(-n4cc(C(=O)O)c(N(C(=O)[C@H]5CC[C@H](C)CC5)C(C)C)n4)cc3)oc12. The number of benzene rings is 1. The average molecular weight is 501 g/mol. The normalized spacial score (nSPS) is 17.9. The molecule has 3 aromatic heterocycles. The zero-order valence-corrected chi connectivity index (χ0v) is 21.6. The number of rotatable bonds is 6. The van der Waals surface area contributed by atoms with E-state index in [0.29, 0.717) is 17.4 Å². The number of anilines is 1. The Labute approximate surface area is 215 Å². The van der Waals surface area contributed by atoms with E-state index in [2.05, 4.69) is 17.0 Å². The summed E-state index contributed by atoms with van der Waals surface area (Å²) in [6, 6.07) is 11.1. The van der Waals surface area contributed by atoms with Crippen molar-refractivity contribution in [2.75, 3.05) is 4.90 Å². The Balaban J connectivity index is 1.46. The molecule has 0 saturated heterocycles. The highest BCUT2D eigenvalue weighted by Crippen LogP contribution is 2.33. The van der Waals surface area contributed by atoms with Crippen molar-refractivity contribution < 1.29 is 19.1 Å². The number of fused-ring (bicyclic) bond motifs is 1. The molecule has 1 saturated carbocycles. The van der Waals surface area contributed by atoms with Crippen molar-refractivity contribution in [1.82, 2.24) is 14.8 Å². The summed E-state index contributed by atoms with van der Waals surface area (Å²) in [7, 11) is 0. The molecule has 0 aliphatic heterocycles. The van der Waals surface area contributed by atoms with Gasteiger partial charge in [-0.1, -0.05) is 6.92 Å². The number of carboxylic acids is 1. The Morgan fingerprint density at radius 1 is 1.11 bits per heavy atom. The lowest BCUT2D eigenvalue weighted by molar-refractivity contribution is -0.124. The average Bonchev–Trinajstić information content (AvgIpc) is 3.50. The van der Waals surface area contributed by atoms with E-state index in [1.165, 1.54) is 10.9 Å². The number of aryl methyl sites for hydroxylation is 1. The molecule has 0 unspecified atom stereocenters. The molecule has 5 rings (SSSR count). The summed E-state index contributed by atoms with van der Waals surface area (Å²) in [5.41, 5.74) is 4.14. The molecule has 1 N–H and O–H groups in total. The third kappa shape index (κ3) is 4.75. The van der Waals surface area contributed by atoms with Crippen molar-refractivity contribution in [3.05, 3.63) is 59.9 Å². The van der Waals surface area contributed by atoms with Gasteiger partial charge in [0.2, 0.25) is 5.91 Å². The minimum absolute atomic E-state index is 0.00846.